The molecule has 54 valence electrons. The van der Waals surface area contributed by atoms with Crippen molar-refractivity contribution in [2.45, 2.75) is 6.43 Å². The minimum absolute atomic E-state index is 0.153. The average molecular weight is 144 g/mol. The van der Waals surface area contributed by atoms with Crippen molar-refractivity contribution >= 4 is 13.4 Å². The summed E-state index contributed by atoms with van der Waals surface area (Å²) in [4.78, 5) is 0. The van der Waals surface area contributed by atoms with Crippen molar-refractivity contribution in [3.63, 3.8) is 0 Å². The molecule has 1 heterocycles. The van der Waals surface area contributed by atoms with Crippen molar-refractivity contribution in [2.24, 2.45) is 7.05 Å². The van der Waals surface area contributed by atoms with Crippen LogP contribution in [0.3, 0.4) is 0 Å². The van der Waals surface area contributed by atoms with E-state index < -0.39 is 6.43 Å². The summed E-state index contributed by atoms with van der Waals surface area (Å²) in [6, 6.07) is 1.38. The number of hydrogen-bond acceptors (Lipinski definition) is 1. The summed E-state index contributed by atoms with van der Waals surface area (Å²) in [7, 11) is 3.38. The van der Waals surface area contributed by atoms with E-state index in [1.807, 2.05) is 0 Å². The second-order valence-electron chi connectivity index (χ2n) is 2.13. The van der Waals surface area contributed by atoms with Gasteiger partial charge in [-0.15, -0.1) is 0 Å². The fourth-order valence-electron chi connectivity index (χ4n) is 0.695. The third kappa shape index (κ3) is 1.17. The fraction of sp³-hybridized carbons (Fsp3) is 0.400. The predicted molar refractivity (Wildman–Crippen MR) is 36.3 cm³/mol. The normalized spacial score (nSPS) is 10.8. The van der Waals surface area contributed by atoms with E-state index in [1.165, 1.54) is 10.7 Å². The molecule has 1 rings (SSSR count). The summed E-state index contributed by atoms with van der Waals surface area (Å²) in [6.45, 7) is 0. The van der Waals surface area contributed by atoms with Crippen molar-refractivity contribution in [1.82, 2.24) is 9.78 Å². The molecule has 0 aliphatic heterocycles. The van der Waals surface area contributed by atoms with Gasteiger partial charge in [0.05, 0.1) is 0 Å². The molecule has 0 saturated carbocycles. The van der Waals surface area contributed by atoms with Crippen molar-refractivity contribution in [2.75, 3.05) is 0 Å². The highest BCUT2D eigenvalue weighted by Gasteiger charge is 2.10. The van der Waals surface area contributed by atoms with Crippen LogP contribution >= 0.6 is 0 Å². The molecule has 0 N–H and O–H groups in total. The Balaban J connectivity index is 2.98. The Bertz CT molecular complexity index is 214. The van der Waals surface area contributed by atoms with E-state index in [1.54, 1.807) is 14.9 Å². The van der Waals surface area contributed by atoms with E-state index in [0.717, 1.165) is 5.59 Å². The maximum Gasteiger partial charge on any atom is 0.282 e. The maximum absolute atomic E-state index is 11.9. The molecule has 0 atom stereocenters. The van der Waals surface area contributed by atoms with E-state index in [-0.39, 0.29) is 5.69 Å². The zero-order valence-corrected chi connectivity index (χ0v) is 5.81. The minimum atomic E-state index is -2.46. The van der Waals surface area contributed by atoms with E-state index in [2.05, 4.69) is 5.10 Å². The van der Waals surface area contributed by atoms with E-state index in [9.17, 15) is 8.78 Å². The predicted octanol–water partition coefficient (Wildman–Crippen LogP) is -0.384. The van der Waals surface area contributed by atoms with Gasteiger partial charge in [-0.2, -0.15) is 5.10 Å². The van der Waals surface area contributed by atoms with Gasteiger partial charge in [0.2, 0.25) is 0 Å². The Labute approximate surface area is 58.3 Å². The number of aryl methyl sites for hydroxylation is 1. The lowest BCUT2D eigenvalue weighted by Gasteiger charge is -1.90. The van der Waals surface area contributed by atoms with Crippen molar-refractivity contribution in [3.05, 3.63) is 11.8 Å². The van der Waals surface area contributed by atoms with Crippen LogP contribution in [0.15, 0.2) is 6.07 Å². The summed E-state index contributed by atoms with van der Waals surface area (Å²) < 4.78 is 25.2. The third-order valence-electron chi connectivity index (χ3n) is 1.36. The molecule has 0 fully saturated rings. The lowest BCUT2D eigenvalue weighted by Crippen LogP contribution is -2.13. The summed E-state index contributed by atoms with van der Waals surface area (Å²) in [5, 5.41) is 3.58. The molecule has 1 aromatic heterocycles. The number of halogens is 2. The topological polar surface area (TPSA) is 17.8 Å². The Hall–Kier alpha value is -0.865. The average Bonchev–Trinajstić information content (AvgIpc) is 2.13. The van der Waals surface area contributed by atoms with Gasteiger partial charge in [-0.1, -0.05) is 0 Å². The van der Waals surface area contributed by atoms with Gasteiger partial charge >= 0.3 is 0 Å². The zero-order chi connectivity index (χ0) is 7.72. The zero-order valence-electron chi connectivity index (χ0n) is 5.81. The van der Waals surface area contributed by atoms with Crippen molar-refractivity contribution < 1.29 is 8.78 Å². The summed E-state index contributed by atoms with van der Waals surface area (Å²) in [5.74, 6) is 0. The van der Waals surface area contributed by atoms with Crippen molar-refractivity contribution in [3.8, 4) is 0 Å². The van der Waals surface area contributed by atoms with Gasteiger partial charge in [0.1, 0.15) is 5.69 Å². The Morgan fingerprint density at radius 1 is 1.70 bits per heavy atom. The number of alkyl halides is 2. The smallest absolute Gasteiger partial charge is 0.282 e. The molecule has 1 aromatic rings. The quantitative estimate of drug-likeness (QED) is 0.491. The lowest BCUT2D eigenvalue weighted by atomic mass is 10.1. The second kappa shape index (κ2) is 2.40. The molecule has 0 saturated heterocycles. The summed E-state index contributed by atoms with van der Waals surface area (Å²) >= 11 is 0. The molecule has 5 heteroatoms. The van der Waals surface area contributed by atoms with E-state index in [0.29, 0.717) is 0 Å². The van der Waals surface area contributed by atoms with Crippen molar-refractivity contribution in [1.29, 1.82) is 0 Å². The highest BCUT2D eigenvalue weighted by atomic mass is 19.3. The van der Waals surface area contributed by atoms with Gasteiger partial charge in [-0.3, -0.25) is 4.68 Å². The highest BCUT2D eigenvalue weighted by Crippen LogP contribution is 2.13. The number of aromatic nitrogens is 2. The Morgan fingerprint density at radius 3 is 2.50 bits per heavy atom. The molecule has 0 aliphatic rings. The van der Waals surface area contributed by atoms with Gasteiger partial charge in [0.25, 0.3) is 6.43 Å². The van der Waals surface area contributed by atoms with Gasteiger partial charge in [0.15, 0.2) is 7.85 Å². The van der Waals surface area contributed by atoms with Gasteiger partial charge in [-0.25, -0.2) is 8.78 Å². The summed E-state index contributed by atoms with van der Waals surface area (Å²) in [5.41, 5.74) is 0.593. The van der Waals surface area contributed by atoms with E-state index >= 15 is 0 Å². The van der Waals surface area contributed by atoms with Crippen LogP contribution in [-0.2, 0) is 7.05 Å². The molecule has 0 unspecified atom stereocenters. The first-order valence-corrected chi connectivity index (χ1v) is 2.90. The Kier molecular flexibility index (Phi) is 1.74. The third-order valence-corrected chi connectivity index (χ3v) is 1.36. The molecule has 0 amide bonds. The molecule has 0 aliphatic carbocycles. The SMILES string of the molecule is Bc1cc(C(F)F)nn1C. The number of rotatable bonds is 1. The first-order valence-electron chi connectivity index (χ1n) is 2.90. The summed E-state index contributed by atoms with van der Waals surface area (Å²) in [6.07, 6.45) is -2.46. The van der Waals surface area contributed by atoms with Crippen LogP contribution in [0.4, 0.5) is 8.78 Å². The van der Waals surface area contributed by atoms with Crippen LogP contribution in [-0.4, -0.2) is 17.6 Å². The Morgan fingerprint density at radius 2 is 2.30 bits per heavy atom. The maximum atomic E-state index is 11.9. The van der Waals surface area contributed by atoms with Gasteiger partial charge in [-0.05, 0) is 11.7 Å². The molecule has 10 heavy (non-hydrogen) atoms. The van der Waals surface area contributed by atoms with Crippen LogP contribution in [0.2, 0.25) is 0 Å². The number of hydrogen-bond donors (Lipinski definition) is 0. The lowest BCUT2D eigenvalue weighted by molar-refractivity contribution is 0.145. The van der Waals surface area contributed by atoms with Crippen LogP contribution < -0.4 is 5.59 Å². The first-order chi connectivity index (χ1) is 4.61. The second-order valence-corrected chi connectivity index (χ2v) is 2.13. The monoisotopic (exact) mass is 144 g/mol. The number of nitrogens with zero attached hydrogens (tertiary/aromatic N) is 2. The molecular formula is C5H7BF2N2. The molecule has 0 spiro atoms. The fourth-order valence-corrected chi connectivity index (χ4v) is 0.695. The highest BCUT2D eigenvalue weighted by molar-refractivity contribution is 6.30. The molecule has 0 radical (unpaired) electrons. The van der Waals surface area contributed by atoms with Crippen LogP contribution in [0.5, 0.6) is 0 Å². The van der Waals surface area contributed by atoms with Crippen LogP contribution in [0.1, 0.15) is 12.1 Å². The van der Waals surface area contributed by atoms with Crippen LogP contribution in [0, 0.1) is 0 Å². The standard InChI is InChI=1S/C5H7BF2N2/c1-10-4(6)2-3(9-10)5(7)8/h2,5H,6H2,1H3. The first kappa shape index (κ1) is 7.24. The molecule has 0 bridgehead atoms. The molecule has 2 nitrogen and oxygen atoms in total. The van der Waals surface area contributed by atoms with E-state index in [4.69, 9.17) is 0 Å². The van der Waals surface area contributed by atoms with Gasteiger partial charge in [0, 0.05) is 7.05 Å². The molecule has 0 aromatic carbocycles. The van der Waals surface area contributed by atoms with Gasteiger partial charge < -0.3 is 0 Å². The van der Waals surface area contributed by atoms with Crippen LogP contribution in [0.25, 0.3) is 0 Å². The largest absolute Gasteiger partial charge is 0.282 e. The minimum Gasteiger partial charge on any atom is -0.282 e. The molecular weight excluding hydrogens is 137 g/mol.